The van der Waals surface area contributed by atoms with Crippen molar-refractivity contribution in [2.45, 2.75) is 25.4 Å². The predicted octanol–water partition coefficient (Wildman–Crippen LogP) is 2.84. The summed E-state index contributed by atoms with van der Waals surface area (Å²) in [4.78, 5) is 0. The van der Waals surface area contributed by atoms with Gasteiger partial charge in [0, 0.05) is 17.1 Å². The number of benzene rings is 1. The van der Waals surface area contributed by atoms with Crippen LogP contribution in [0.1, 0.15) is 18.4 Å². The summed E-state index contributed by atoms with van der Waals surface area (Å²) in [5.74, 6) is -0.179. The zero-order valence-electron chi connectivity index (χ0n) is 7.19. The normalized spacial score (nSPS) is 16.2. The molecule has 1 nitrogen and oxygen atoms in total. The van der Waals surface area contributed by atoms with Crippen molar-refractivity contribution in [3.05, 3.63) is 34.1 Å². The predicted molar refractivity (Wildman–Crippen MR) is 54.0 cm³/mol. The van der Waals surface area contributed by atoms with Crippen LogP contribution < -0.4 is 5.32 Å². The molecule has 2 rings (SSSR count). The smallest absolute Gasteiger partial charge is 0.124 e. The number of halogens is 2. The Morgan fingerprint density at radius 3 is 2.77 bits per heavy atom. The highest BCUT2D eigenvalue weighted by molar-refractivity contribution is 9.10. The summed E-state index contributed by atoms with van der Waals surface area (Å²) in [6, 6.07) is 5.65. The summed E-state index contributed by atoms with van der Waals surface area (Å²) in [6.07, 6.45) is 2.52. The Bertz CT molecular complexity index is 290. The Morgan fingerprint density at radius 2 is 2.15 bits per heavy atom. The van der Waals surface area contributed by atoms with E-state index in [2.05, 4.69) is 21.2 Å². The summed E-state index contributed by atoms with van der Waals surface area (Å²) in [5.41, 5.74) is 0.999. The maximum Gasteiger partial charge on any atom is 0.124 e. The van der Waals surface area contributed by atoms with Gasteiger partial charge in [0.05, 0.1) is 0 Å². The summed E-state index contributed by atoms with van der Waals surface area (Å²) in [7, 11) is 0. The average Bonchev–Trinajstić information content (AvgIpc) is 2.81. The van der Waals surface area contributed by atoms with Crippen molar-refractivity contribution in [1.82, 2.24) is 5.32 Å². The molecule has 70 valence electrons. The third kappa shape index (κ3) is 2.78. The first-order chi connectivity index (χ1) is 6.24. The molecule has 1 aliphatic rings. The molecule has 1 fully saturated rings. The minimum absolute atomic E-state index is 0.179. The van der Waals surface area contributed by atoms with E-state index in [0.717, 1.165) is 16.6 Å². The SMILES string of the molecule is Fc1cc(Br)cc(CNC2CC2)c1. The molecule has 0 bridgehead atoms. The van der Waals surface area contributed by atoms with Crippen LogP contribution in [0.25, 0.3) is 0 Å². The first kappa shape index (κ1) is 9.16. The van der Waals surface area contributed by atoms with Gasteiger partial charge in [0.25, 0.3) is 0 Å². The van der Waals surface area contributed by atoms with Crippen LogP contribution in [0.15, 0.2) is 22.7 Å². The molecule has 0 saturated heterocycles. The van der Waals surface area contributed by atoms with Crippen molar-refractivity contribution < 1.29 is 4.39 Å². The molecule has 1 saturated carbocycles. The van der Waals surface area contributed by atoms with Gasteiger partial charge >= 0.3 is 0 Å². The number of rotatable bonds is 3. The summed E-state index contributed by atoms with van der Waals surface area (Å²) < 4.78 is 13.7. The van der Waals surface area contributed by atoms with E-state index in [1.165, 1.54) is 18.9 Å². The van der Waals surface area contributed by atoms with Crippen LogP contribution in [-0.2, 0) is 6.54 Å². The standard InChI is InChI=1S/C10H11BrFN/c11-8-3-7(4-9(12)5-8)6-13-10-1-2-10/h3-5,10,13H,1-2,6H2. The maximum atomic E-state index is 12.9. The van der Waals surface area contributed by atoms with Gasteiger partial charge in [-0.15, -0.1) is 0 Å². The third-order valence-corrected chi connectivity index (χ3v) is 2.55. The van der Waals surface area contributed by atoms with E-state index in [1.54, 1.807) is 6.07 Å². The van der Waals surface area contributed by atoms with Crippen molar-refractivity contribution in [3.8, 4) is 0 Å². The van der Waals surface area contributed by atoms with Gasteiger partial charge in [-0.05, 0) is 36.6 Å². The largest absolute Gasteiger partial charge is 0.310 e. The van der Waals surface area contributed by atoms with Crippen molar-refractivity contribution in [2.75, 3.05) is 0 Å². The molecule has 0 unspecified atom stereocenters. The molecule has 0 heterocycles. The molecule has 1 aromatic carbocycles. The fourth-order valence-electron chi connectivity index (χ4n) is 1.26. The Hall–Kier alpha value is -0.410. The van der Waals surface area contributed by atoms with E-state index in [4.69, 9.17) is 0 Å². The van der Waals surface area contributed by atoms with Gasteiger partial charge in [-0.25, -0.2) is 4.39 Å². The first-order valence-electron chi connectivity index (χ1n) is 4.42. The van der Waals surface area contributed by atoms with Gasteiger partial charge in [-0.2, -0.15) is 0 Å². The van der Waals surface area contributed by atoms with Crippen LogP contribution in [0.2, 0.25) is 0 Å². The topological polar surface area (TPSA) is 12.0 Å². The zero-order valence-corrected chi connectivity index (χ0v) is 8.77. The fourth-order valence-corrected chi connectivity index (χ4v) is 1.78. The van der Waals surface area contributed by atoms with Gasteiger partial charge in [-0.3, -0.25) is 0 Å². The van der Waals surface area contributed by atoms with Crippen LogP contribution in [0.5, 0.6) is 0 Å². The van der Waals surface area contributed by atoms with Gasteiger partial charge in [0.2, 0.25) is 0 Å². The molecule has 1 aliphatic carbocycles. The second-order valence-electron chi connectivity index (χ2n) is 3.43. The van der Waals surface area contributed by atoms with E-state index < -0.39 is 0 Å². The van der Waals surface area contributed by atoms with Crippen LogP contribution in [-0.4, -0.2) is 6.04 Å². The summed E-state index contributed by atoms with van der Waals surface area (Å²) >= 11 is 3.27. The molecule has 0 spiro atoms. The molecule has 0 aliphatic heterocycles. The van der Waals surface area contributed by atoms with Gasteiger partial charge in [0.1, 0.15) is 5.82 Å². The second-order valence-corrected chi connectivity index (χ2v) is 4.35. The Labute approximate surface area is 85.5 Å². The van der Waals surface area contributed by atoms with Crippen LogP contribution in [0.4, 0.5) is 4.39 Å². The first-order valence-corrected chi connectivity index (χ1v) is 5.22. The van der Waals surface area contributed by atoms with Crippen molar-refractivity contribution in [2.24, 2.45) is 0 Å². The zero-order chi connectivity index (χ0) is 9.26. The molecular weight excluding hydrogens is 233 g/mol. The van der Waals surface area contributed by atoms with E-state index in [0.29, 0.717) is 6.04 Å². The minimum Gasteiger partial charge on any atom is -0.310 e. The van der Waals surface area contributed by atoms with Gasteiger partial charge < -0.3 is 5.32 Å². The summed E-state index contributed by atoms with van der Waals surface area (Å²) in [6.45, 7) is 0.765. The Morgan fingerprint density at radius 1 is 1.38 bits per heavy atom. The number of hydrogen-bond donors (Lipinski definition) is 1. The van der Waals surface area contributed by atoms with Crippen molar-refractivity contribution in [3.63, 3.8) is 0 Å². The lowest BCUT2D eigenvalue weighted by atomic mass is 10.2. The van der Waals surface area contributed by atoms with E-state index in [-0.39, 0.29) is 5.82 Å². The molecular formula is C10H11BrFN. The molecule has 13 heavy (non-hydrogen) atoms. The van der Waals surface area contributed by atoms with Crippen molar-refractivity contribution in [1.29, 1.82) is 0 Å². The minimum atomic E-state index is -0.179. The highest BCUT2D eigenvalue weighted by Crippen LogP contribution is 2.20. The molecule has 0 amide bonds. The number of nitrogens with one attached hydrogen (secondary N) is 1. The molecule has 0 radical (unpaired) electrons. The summed E-state index contributed by atoms with van der Waals surface area (Å²) in [5, 5.41) is 3.34. The lowest BCUT2D eigenvalue weighted by Gasteiger charge is -2.03. The monoisotopic (exact) mass is 243 g/mol. The van der Waals surface area contributed by atoms with Gasteiger partial charge in [0.15, 0.2) is 0 Å². The van der Waals surface area contributed by atoms with E-state index in [1.807, 2.05) is 6.07 Å². The highest BCUT2D eigenvalue weighted by Gasteiger charge is 2.19. The Kier molecular flexibility index (Phi) is 2.65. The van der Waals surface area contributed by atoms with Gasteiger partial charge in [-0.1, -0.05) is 15.9 Å². The lowest BCUT2D eigenvalue weighted by Crippen LogP contribution is -2.15. The Balaban J connectivity index is 2.01. The van der Waals surface area contributed by atoms with Crippen molar-refractivity contribution >= 4 is 15.9 Å². The molecule has 3 heteroatoms. The number of hydrogen-bond acceptors (Lipinski definition) is 1. The quantitative estimate of drug-likeness (QED) is 0.862. The van der Waals surface area contributed by atoms with E-state index >= 15 is 0 Å². The molecule has 1 aromatic rings. The molecule has 0 atom stereocenters. The lowest BCUT2D eigenvalue weighted by molar-refractivity contribution is 0.618. The average molecular weight is 244 g/mol. The van der Waals surface area contributed by atoms with Crippen LogP contribution in [0, 0.1) is 5.82 Å². The van der Waals surface area contributed by atoms with E-state index in [9.17, 15) is 4.39 Å². The van der Waals surface area contributed by atoms with Crippen LogP contribution >= 0.6 is 15.9 Å². The molecule has 0 aromatic heterocycles. The highest BCUT2D eigenvalue weighted by atomic mass is 79.9. The maximum absolute atomic E-state index is 12.9. The van der Waals surface area contributed by atoms with Crippen LogP contribution in [0.3, 0.4) is 0 Å². The molecule has 1 N–H and O–H groups in total. The third-order valence-electron chi connectivity index (χ3n) is 2.09. The fraction of sp³-hybridized carbons (Fsp3) is 0.400. The second kappa shape index (κ2) is 3.76.